The number of nitrogens with one attached hydrogen (secondary N) is 1. The van der Waals surface area contributed by atoms with Crippen molar-refractivity contribution in [3.8, 4) is 0 Å². The standard InChI is InChI=1S/C21H24N4O2/c1-3-25-21(27)18-13-8-7-12-17(18)19(23-25)20(26)22-14-9-15-24(2)16-10-5-4-6-11-16/h4-8,10-13H,3,9,14-15H2,1-2H3,(H,22,26). The molecule has 0 aliphatic carbocycles. The van der Waals surface area contributed by atoms with Gasteiger partial charge in [0, 0.05) is 37.8 Å². The quantitative estimate of drug-likeness (QED) is 0.655. The van der Waals surface area contributed by atoms with E-state index < -0.39 is 0 Å². The summed E-state index contributed by atoms with van der Waals surface area (Å²) in [7, 11) is 2.03. The second-order valence-electron chi connectivity index (χ2n) is 6.38. The van der Waals surface area contributed by atoms with Crippen LogP contribution in [0.4, 0.5) is 5.69 Å². The number of rotatable bonds is 7. The van der Waals surface area contributed by atoms with Gasteiger partial charge in [0.2, 0.25) is 0 Å². The molecule has 0 radical (unpaired) electrons. The molecule has 6 nitrogen and oxygen atoms in total. The van der Waals surface area contributed by atoms with Crippen molar-refractivity contribution in [1.29, 1.82) is 0 Å². The van der Waals surface area contributed by atoms with Gasteiger partial charge in [-0.3, -0.25) is 9.59 Å². The van der Waals surface area contributed by atoms with Crippen LogP contribution in [0.3, 0.4) is 0 Å². The third-order valence-corrected chi connectivity index (χ3v) is 4.54. The van der Waals surface area contributed by atoms with E-state index in [0.717, 1.165) is 18.7 Å². The van der Waals surface area contributed by atoms with E-state index in [1.54, 1.807) is 18.2 Å². The number of para-hydroxylation sites is 1. The van der Waals surface area contributed by atoms with E-state index in [9.17, 15) is 9.59 Å². The lowest BCUT2D eigenvalue weighted by molar-refractivity contribution is 0.0948. The Labute approximate surface area is 158 Å². The second-order valence-corrected chi connectivity index (χ2v) is 6.38. The van der Waals surface area contributed by atoms with Crippen LogP contribution in [0.1, 0.15) is 23.8 Å². The predicted molar refractivity (Wildman–Crippen MR) is 108 cm³/mol. The molecule has 140 valence electrons. The lowest BCUT2D eigenvalue weighted by atomic mass is 10.1. The molecule has 3 aromatic rings. The molecule has 0 aliphatic rings. The van der Waals surface area contributed by atoms with Crippen molar-refractivity contribution in [2.75, 3.05) is 25.0 Å². The zero-order chi connectivity index (χ0) is 19.2. The summed E-state index contributed by atoms with van der Waals surface area (Å²) in [5.41, 5.74) is 1.27. The van der Waals surface area contributed by atoms with E-state index in [4.69, 9.17) is 0 Å². The minimum atomic E-state index is -0.254. The van der Waals surface area contributed by atoms with Crippen molar-refractivity contribution in [2.45, 2.75) is 19.9 Å². The fourth-order valence-corrected chi connectivity index (χ4v) is 3.03. The molecule has 1 N–H and O–H groups in total. The molecule has 0 spiro atoms. The van der Waals surface area contributed by atoms with Crippen LogP contribution in [-0.4, -0.2) is 35.8 Å². The van der Waals surface area contributed by atoms with Gasteiger partial charge in [0.1, 0.15) is 0 Å². The zero-order valence-electron chi connectivity index (χ0n) is 15.7. The Kier molecular flexibility index (Phi) is 5.86. The first-order valence-corrected chi connectivity index (χ1v) is 9.16. The third kappa shape index (κ3) is 4.16. The van der Waals surface area contributed by atoms with Crippen molar-refractivity contribution in [3.05, 3.63) is 70.6 Å². The maximum absolute atomic E-state index is 12.7. The number of benzene rings is 2. The van der Waals surface area contributed by atoms with Crippen molar-refractivity contribution in [1.82, 2.24) is 15.1 Å². The Morgan fingerprint density at radius 2 is 1.74 bits per heavy atom. The van der Waals surface area contributed by atoms with Crippen LogP contribution >= 0.6 is 0 Å². The molecule has 0 bridgehead atoms. The van der Waals surface area contributed by atoms with Crippen LogP contribution in [0, 0.1) is 0 Å². The Balaban J connectivity index is 1.66. The van der Waals surface area contributed by atoms with Crippen molar-refractivity contribution < 1.29 is 4.79 Å². The number of hydrogen-bond acceptors (Lipinski definition) is 4. The van der Waals surface area contributed by atoms with Crippen molar-refractivity contribution in [3.63, 3.8) is 0 Å². The molecule has 1 aromatic heterocycles. The van der Waals surface area contributed by atoms with Crippen molar-refractivity contribution >= 4 is 22.4 Å². The van der Waals surface area contributed by atoms with Crippen LogP contribution in [0.2, 0.25) is 0 Å². The summed E-state index contributed by atoms with van der Waals surface area (Å²) in [5.74, 6) is -0.254. The summed E-state index contributed by atoms with van der Waals surface area (Å²) in [5, 5.41) is 8.29. The van der Waals surface area contributed by atoms with Gasteiger partial charge in [-0.1, -0.05) is 36.4 Å². The first kappa shape index (κ1) is 18.6. The summed E-state index contributed by atoms with van der Waals surface area (Å²) in [6.45, 7) is 3.63. The summed E-state index contributed by atoms with van der Waals surface area (Å²) in [6.07, 6.45) is 0.808. The van der Waals surface area contributed by atoms with Gasteiger partial charge < -0.3 is 10.2 Å². The maximum Gasteiger partial charge on any atom is 0.274 e. The first-order valence-electron chi connectivity index (χ1n) is 9.16. The normalized spacial score (nSPS) is 10.7. The average molecular weight is 364 g/mol. The molecule has 0 saturated carbocycles. The van der Waals surface area contributed by atoms with Gasteiger partial charge in [0.25, 0.3) is 11.5 Å². The van der Waals surface area contributed by atoms with E-state index in [1.165, 1.54) is 4.68 Å². The molecule has 2 aromatic carbocycles. The summed E-state index contributed by atoms with van der Waals surface area (Å²) < 4.78 is 1.33. The van der Waals surface area contributed by atoms with Gasteiger partial charge in [0.15, 0.2) is 5.69 Å². The highest BCUT2D eigenvalue weighted by Crippen LogP contribution is 2.13. The summed E-state index contributed by atoms with van der Waals surface area (Å²) >= 11 is 0. The molecular weight excluding hydrogens is 340 g/mol. The van der Waals surface area contributed by atoms with Gasteiger partial charge in [-0.05, 0) is 31.5 Å². The number of aryl methyl sites for hydroxylation is 1. The van der Waals surface area contributed by atoms with E-state index in [2.05, 4.69) is 27.4 Å². The summed E-state index contributed by atoms with van der Waals surface area (Å²) in [6, 6.07) is 17.2. The predicted octanol–water partition coefficient (Wildman–Crippen LogP) is 2.67. The van der Waals surface area contributed by atoms with Crippen LogP contribution in [0.5, 0.6) is 0 Å². The number of carbonyl (C=O) groups excluding carboxylic acids is 1. The number of nitrogens with zero attached hydrogens (tertiary/aromatic N) is 3. The molecule has 0 atom stereocenters. The van der Waals surface area contributed by atoms with Gasteiger partial charge in [-0.15, -0.1) is 0 Å². The van der Waals surface area contributed by atoms with E-state index in [-0.39, 0.29) is 11.5 Å². The molecule has 6 heteroatoms. The monoisotopic (exact) mass is 364 g/mol. The van der Waals surface area contributed by atoms with Crippen molar-refractivity contribution in [2.24, 2.45) is 0 Å². The van der Waals surface area contributed by atoms with E-state index in [0.29, 0.717) is 29.6 Å². The Morgan fingerprint density at radius 1 is 1.07 bits per heavy atom. The van der Waals surface area contributed by atoms with Gasteiger partial charge in [-0.25, -0.2) is 4.68 Å². The Bertz CT molecular complexity index is 982. The van der Waals surface area contributed by atoms with Gasteiger partial charge in [-0.2, -0.15) is 5.10 Å². The number of amides is 1. The molecule has 0 saturated heterocycles. The molecule has 0 fully saturated rings. The summed E-state index contributed by atoms with van der Waals surface area (Å²) in [4.78, 5) is 27.2. The topological polar surface area (TPSA) is 67.2 Å². The smallest absolute Gasteiger partial charge is 0.274 e. The van der Waals surface area contributed by atoms with E-state index in [1.807, 2.05) is 38.2 Å². The lowest BCUT2D eigenvalue weighted by Gasteiger charge is -2.19. The molecule has 27 heavy (non-hydrogen) atoms. The second kappa shape index (κ2) is 8.49. The van der Waals surface area contributed by atoms with Crippen LogP contribution in [0.15, 0.2) is 59.4 Å². The number of aromatic nitrogens is 2. The number of fused-ring (bicyclic) bond motifs is 1. The number of anilines is 1. The highest BCUT2D eigenvalue weighted by Gasteiger charge is 2.15. The lowest BCUT2D eigenvalue weighted by Crippen LogP contribution is -2.32. The third-order valence-electron chi connectivity index (χ3n) is 4.54. The fourth-order valence-electron chi connectivity index (χ4n) is 3.03. The fraction of sp³-hybridized carbons (Fsp3) is 0.286. The Morgan fingerprint density at radius 3 is 2.44 bits per heavy atom. The molecule has 3 rings (SSSR count). The average Bonchev–Trinajstić information content (AvgIpc) is 2.72. The molecule has 1 heterocycles. The number of hydrogen-bond donors (Lipinski definition) is 1. The molecular formula is C21H24N4O2. The van der Waals surface area contributed by atoms with Crippen LogP contribution < -0.4 is 15.8 Å². The Hall–Kier alpha value is -3.15. The van der Waals surface area contributed by atoms with Gasteiger partial charge >= 0.3 is 0 Å². The number of carbonyl (C=O) groups is 1. The highest BCUT2D eigenvalue weighted by molar-refractivity contribution is 6.04. The molecule has 0 unspecified atom stereocenters. The first-order chi connectivity index (χ1) is 13.1. The van der Waals surface area contributed by atoms with Crippen LogP contribution in [0.25, 0.3) is 10.8 Å². The van der Waals surface area contributed by atoms with E-state index >= 15 is 0 Å². The minimum absolute atomic E-state index is 0.172. The molecule has 0 aliphatic heterocycles. The molecule has 1 amide bonds. The SMILES string of the molecule is CCn1nc(C(=O)NCCCN(C)c2ccccc2)c2ccccc2c1=O. The minimum Gasteiger partial charge on any atom is -0.375 e. The van der Waals surface area contributed by atoms with Gasteiger partial charge in [0.05, 0.1) is 5.39 Å². The largest absolute Gasteiger partial charge is 0.375 e. The maximum atomic E-state index is 12.7. The highest BCUT2D eigenvalue weighted by atomic mass is 16.2. The zero-order valence-corrected chi connectivity index (χ0v) is 15.7. The van der Waals surface area contributed by atoms with Crippen LogP contribution in [-0.2, 0) is 6.54 Å².